The third-order valence-electron chi connectivity index (χ3n) is 3.49. The second-order valence-corrected chi connectivity index (χ2v) is 4.85. The minimum atomic E-state index is 1.19. The third kappa shape index (κ3) is 1.46. The van der Waals surface area contributed by atoms with Gasteiger partial charge in [0.1, 0.15) is 0 Å². The Morgan fingerprint density at radius 3 is 2.69 bits per heavy atom. The van der Waals surface area contributed by atoms with E-state index in [9.17, 15) is 0 Å². The molecular weight excluding hydrogens is 192 g/mol. The fourth-order valence-electron chi connectivity index (χ4n) is 2.60. The summed E-state index contributed by atoms with van der Waals surface area (Å²) < 4.78 is 0. The molecule has 16 heavy (non-hydrogen) atoms. The van der Waals surface area contributed by atoms with E-state index in [2.05, 4.69) is 50.3 Å². The fourth-order valence-corrected chi connectivity index (χ4v) is 2.60. The standard InChI is InChI=1S/C16H16/c1-11-3-7-15-13(9-11)5-6-14-10-12(2)4-8-16(14)15/h3,5-7,9-10H,4,8H2,1-2H3. The van der Waals surface area contributed by atoms with Crippen molar-refractivity contribution in [3.63, 3.8) is 0 Å². The maximum Gasteiger partial charge on any atom is -0.0146 e. The molecule has 0 heteroatoms. The Kier molecular flexibility index (Phi) is 2.10. The smallest absolute Gasteiger partial charge is 0.0146 e. The summed E-state index contributed by atoms with van der Waals surface area (Å²) in [4.78, 5) is 0. The molecule has 1 aliphatic rings. The molecule has 0 saturated carbocycles. The van der Waals surface area contributed by atoms with Crippen LogP contribution in [0.5, 0.6) is 0 Å². The number of allylic oxidation sites excluding steroid dienone is 1. The molecular formula is C16H16. The van der Waals surface area contributed by atoms with Crippen molar-refractivity contribution in [2.45, 2.75) is 26.7 Å². The van der Waals surface area contributed by atoms with Gasteiger partial charge in [0.25, 0.3) is 0 Å². The molecule has 0 N–H and O–H groups in total. The summed E-state index contributed by atoms with van der Waals surface area (Å²) in [5.74, 6) is 0. The highest BCUT2D eigenvalue weighted by Gasteiger charge is 2.10. The van der Waals surface area contributed by atoms with Gasteiger partial charge in [-0.2, -0.15) is 0 Å². The van der Waals surface area contributed by atoms with Crippen LogP contribution in [0.4, 0.5) is 0 Å². The first-order valence-electron chi connectivity index (χ1n) is 5.93. The van der Waals surface area contributed by atoms with Crippen LogP contribution < -0.4 is 0 Å². The molecule has 0 amide bonds. The van der Waals surface area contributed by atoms with Crippen LogP contribution in [-0.2, 0) is 6.42 Å². The molecule has 2 aromatic carbocycles. The van der Waals surface area contributed by atoms with Crippen molar-refractivity contribution in [3.8, 4) is 0 Å². The van der Waals surface area contributed by atoms with Crippen molar-refractivity contribution in [3.05, 3.63) is 52.6 Å². The van der Waals surface area contributed by atoms with E-state index in [-0.39, 0.29) is 0 Å². The zero-order valence-electron chi connectivity index (χ0n) is 9.88. The number of hydrogen-bond donors (Lipinski definition) is 0. The number of rotatable bonds is 0. The predicted molar refractivity (Wildman–Crippen MR) is 70.7 cm³/mol. The highest BCUT2D eigenvalue weighted by Crippen LogP contribution is 2.30. The lowest BCUT2D eigenvalue weighted by molar-refractivity contribution is 0.936. The lowest BCUT2D eigenvalue weighted by Gasteiger charge is -2.16. The SMILES string of the molecule is CC1=Cc2ccc3cc(C)ccc3c2CC1. The largest absolute Gasteiger partial charge is 0.0724 e. The zero-order valence-corrected chi connectivity index (χ0v) is 9.88. The summed E-state index contributed by atoms with van der Waals surface area (Å²) in [5.41, 5.74) is 5.79. The lowest BCUT2D eigenvalue weighted by Crippen LogP contribution is -1.98. The highest BCUT2D eigenvalue weighted by atomic mass is 14.1. The topological polar surface area (TPSA) is 0 Å². The van der Waals surface area contributed by atoms with Crippen LogP contribution in [-0.4, -0.2) is 0 Å². The van der Waals surface area contributed by atoms with Crippen LogP contribution in [0, 0.1) is 6.92 Å². The molecule has 2 aromatic rings. The number of aryl methyl sites for hydroxylation is 2. The van der Waals surface area contributed by atoms with Gasteiger partial charge in [-0.05, 0) is 48.6 Å². The fraction of sp³-hybridized carbons (Fsp3) is 0.250. The summed E-state index contributed by atoms with van der Waals surface area (Å²) in [6.07, 6.45) is 4.73. The van der Waals surface area contributed by atoms with E-state index < -0.39 is 0 Å². The summed E-state index contributed by atoms with van der Waals surface area (Å²) in [5, 5.41) is 2.82. The minimum Gasteiger partial charge on any atom is -0.0724 e. The lowest BCUT2D eigenvalue weighted by atomic mass is 9.88. The van der Waals surface area contributed by atoms with E-state index in [1.807, 2.05) is 0 Å². The van der Waals surface area contributed by atoms with Gasteiger partial charge in [-0.1, -0.05) is 47.5 Å². The molecule has 80 valence electrons. The third-order valence-corrected chi connectivity index (χ3v) is 3.49. The predicted octanol–water partition coefficient (Wildman–Crippen LogP) is 4.50. The van der Waals surface area contributed by atoms with E-state index in [1.54, 1.807) is 0 Å². The molecule has 0 nitrogen and oxygen atoms in total. The minimum absolute atomic E-state index is 1.19. The van der Waals surface area contributed by atoms with Gasteiger partial charge < -0.3 is 0 Å². The van der Waals surface area contributed by atoms with Crippen LogP contribution in [0.2, 0.25) is 0 Å². The van der Waals surface area contributed by atoms with Crippen molar-refractivity contribution in [1.29, 1.82) is 0 Å². The summed E-state index contributed by atoms with van der Waals surface area (Å²) in [7, 11) is 0. The number of benzene rings is 2. The molecule has 0 atom stereocenters. The molecule has 0 fully saturated rings. The first-order valence-corrected chi connectivity index (χ1v) is 5.93. The molecule has 1 aliphatic carbocycles. The van der Waals surface area contributed by atoms with Gasteiger partial charge in [0.05, 0.1) is 0 Å². The van der Waals surface area contributed by atoms with E-state index in [4.69, 9.17) is 0 Å². The van der Waals surface area contributed by atoms with Crippen LogP contribution in [0.15, 0.2) is 35.9 Å². The van der Waals surface area contributed by atoms with Crippen molar-refractivity contribution < 1.29 is 0 Å². The van der Waals surface area contributed by atoms with Crippen LogP contribution in [0.25, 0.3) is 16.8 Å². The summed E-state index contributed by atoms with van der Waals surface area (Å²) in [6.45, 7) is 4.38. The molecule has 0 saturated heterocycles. The Bertz CT molecular complexity index is 588. The molecule has 0 aromatic heterocycles. The molecule has 0 aliphatic heterocycles. The molecule has 0 spiro atoms. The van der Waals surface area contributed by atoms with Gasteiger partial charge in [-0.3, -0.25) is 0 Å². The monoisotopic (exact) mass is 208 g/mol. The van der Waals surface area contributed by atoms with E-state index in [1.165, 1.54) is 45.9 Å². The van der Waals surface area contributed by atoms with E-state index >= 15 is 0 Å². The maximum atomic E-state index is 2.33. The molecule has 0 radical (unpaired) electrons. The van der Waals surface area contributed by atoms with Gasteiger partial charge in [-0.15, -0.1) is 0 Å². The van der Waals surface area contributed by atoms with E-state index in [0.29, 0.717) is 0 Å². The molecule has 0 heterocycles. The quantitative estimate of drug-likeness (QED) is 0.598. The van der Waals surface area contributed by atoms with Crippen molar-refractivity contribution in [2.75, 3.05) is 0 Å². The molecule has 3 rings (SSSR count). The first kappa shape index (κ1) is 9.65. The average Bonchev–Trinajstić information content (AvgIpc) is 2.28. The van der Waals surface area contributed by atoms with Gasteiger partial charge in [0.15, 0.2) is 0 Å². The van der Waals surface area contributed by atoms with Crippen molar-refractivity contribution in [1.82, 2.24) is 0 Å². The van der Waals surface area contributed by atoms with Gasteiger partial charge >= 0.3 is 0 Å². The van der Waals surface area contributed by atoms with Crippen LogP contribution in [0.1, 0.15) is 30.0 Å². The molecule has 0 unspecified atom stereocenters. The van der Waals surface area contributed by atoms with Gasteiger partial charge in [0.2, 0.25) is 0 Å². The Labute approximate surface area is 96.6 Å². The second kappa shape index (κ2) is 3.48. The maximum absolute atomic E-state index is 2.33. The Morgan fingerprint density at radius 1 is 0.938 bits per heavy atom. The number of hydrogen-bond acceptors (Lipinski definition) is 0. The summed E-state index contributed by atoms with van der Waals surface area (Å²) >= 11 is 0. The number of fused-ring (bicyclic) bond motifs is 3. The normalized spacial score (nSPS) is 14.8. The highest BCUT2D eigenvalue weighted by molar-refractivity contribution is 5.90. The molecule has 0 bridgehead atoms. The average molecular weight is 208 g/mol. The zero-order chi connectivity index (χ0) is 11.1. The van der Waals surface area contributed by atoms with Crippen molar-refractivity contribution in [2.24, 2.45) is 0 Å². The Balaban J connectivity index is 2.33. The van der Waals surface area contributed by atoms with Gasteiger partial charge in [-0.25, -0.2) is 0 Å². The summed E-state index contributed by atoms with van der Waals surface area (Å²) in [6, 6.07) is 11.3. The Morgan fingerprint density at radius 2 is 1.81 bits per heavy atom. The second-order valence-electron chi connectivity index (χ2n) is 4.85. The van der Waals surface area contributed by atoms with Crippen LogP contribution >= 0.6 is 0 Å². The van der Waals surface area contributed by atoms with E-state index in [0.717, 1.165) is 0 Å². The van der Waals surface area contributed by atoms with Gasteiger partial charge in [0, 0.05) is 0 Å². The first-order chi connectivity index (χ1) is 7.74. The Hall–Kier alpha value is -1.56. The van der Waals surface area contributed by atoms with Crippen molar-refractivity contribution >= 4 is 16.8 Å². The van der Waals surface area contributed by atoms with Crippen LogP contribution in [0.3, 0.4) is 0 Å².